The van der Waals surface area contributed by atoms with Crippen molar-refractivity contribution in [2.24, 2.45) is 0 Å². The standard InChI is InChI=1S/C17H9ClFN3O.ClH/c18-17-21-7-5-14(22-17)4-3-12-8-13(19)10-16(9-12)23-15-2-1-6-20-11-15;/h1-2,5-11H;1H. The summed E-state index contributed by atoms with van der Waals surface area (Å²) in [5.41, 5.74) is 0.920. The second kappa shape index (κ2) is 8.25. The van der Waals surface area contributed by atoms with Crippen LogP contribution in [0.1, 0.15) is 11.3 Å². The summed E-state index contributed by atoms with van der Waals surface area (Å²) in [4.78, 5) is 10.6. The first-order valence-electron chi connectivity index (χ1n) is 6.64. The van der Waals surface area contributed by atoms with Crippen molar-refractivity contribution < 1.29 is 26.5 Å². The van der Waals surface area contributed by atoms with Gasteiger partial charge in [-0.25, -0.2) is 19.3 Å². The van der Waals surface area contributed by atoms with Crippen molar-refractivity contribution in [3.8, 4) is 23.3 Å². The average molecular weight is 362 g/mol. The Hall–Kier alpha value is -2.68. The molecule has 0 saturated carbocycles. The third-order valence-corrected chi connectivity index (χ3v) is 2.93. The van der Waals surface area contributed by atoms with E-state index in [0.717, 1.165) is 0 Å². The number of ether oxygens (including phenoxy) is 1. The molecule has 2 heterocycles. The highest BCUT2D eigenvalue weighted by Gasteiger charge is 2.03. The highest BCUT2D eigenvalue weighted by atomic mass is 35.5. The van der Waals surface area contributed by atoms with Gasteiger partial charge >= 0.3 is 0 Å². The maximum atomic E-state index is 13.7. The summed E-state index contributed by atoms with van der Waals surface area (Å²) < 4.78 is 19.3. The average Bonchev–Trinajstić information content (AvgIpc) is 2.53. The Morgan fingerprint density at radius 1 is 1.12 bits per heavy atom. The molecule has 4 nitrogen and oxygen atoms in total. The van der Waals surface area contributed by atoms with E-state index in [0.29, 0.717) is 22.8 Å². The molecule has 0 spiro atoms. The monoisotopic (exact) mass is 361 g/mol. The number of aromatic amines is 1. The Morgan fingerprint density at radius 3 is 2.75 bits per heavy atom. The molecule has 2 aromatic heterocycles. The number of H-pyrrole nitrogens is 1. The number of rotatable bonds is 2. The fourth-order valence-electron chi connectivity index (χ4n) is 1.81. The highest BCUT2D eigenvalue weighted by molar-refractivity contribution is 6.28. The van der Waals surface area contributed by atoms with Crippen LogP contribution in [0, 0.1) is 17.7 Å². The predicted molar refractivity (Wildman–Crippen MR) is 82.5 cm³/mol. The van der Waals surface area contributed by atoms with Crippen molar-refractivity contribution in [3.05, 3.63) is 77.3 Å². The van der Waals surface area contributed by atoms with E-state index >= 15 is 0 Å². The molecule has 0 radical (unpaired) electrons. The van der Waals surface area contributed by atoms with Gasteiger partial charge in [-0.05, 0) is 41.8 Å². The number of hydrogen-bond donors (Lipinski definition) is 0. The molecule has 0 amide bonds. The van der Waals surface area contributed by atoms with Gasteiger partial charge in [-0.2, -0.15) is 0 Å². The lowest BCUT2D eigenvalue weighted by Crippen LogP contribution is -3.00. The zero-order chi connectivity index (χ0) is 16.1. The summed E-state index contributed by atoms with van der Waals surface area (Å²) in [7, 11) is 0. The van der Waals surface area contributed by atoms with E-state index in [2.05, 4.69) is 26.8 Å². The molecule has 0 unspecified atom stereocenters. The number of hydrogen-bond acceptors (Lipinski definition) is 3. The highest BCUT2D eigenvalue weighted by Crippen LogP contribution is 2.22. The molecule has 1 N–H and O–H groups in total. The number of nitrogens with one attached hydrogen (secondary N) is 1. The molecule has 24 heavy (non-hydrogen) atoms. The van der Waals surface area contributed by atoms with Gasteiger partial charge < -0.3 is 17.1 Å². The number of nitrogens with zero attached hydrogens (tertiary/aromatic N) is 2. The molecule has 0 aliphatic carbocycles. The van der Waals surface area contributed by atoms with Gasteiger partial charge in [0, 0.05) is 23.9 Å². The Bertz CT molecular complexity index is 895. The Balaban J connectivity index is 0.00000208. The van der Waals surface area contributed by atoms with Crippen LogP contribution in [0.25, 0.3) is 0 Å². The predicted octanol–water partition coefficient (Wildman–Crippen LogP) is 0.279. The van der Waals surface area contributed by atoms with Crippen molar-refractivity contribution in [3.63, 3.8) is 0 Å². The molecule has 0 atom stereocenters. The van der Waals surface area contributed by atoms with E-state index in [1.54, 1.807) is 36.7 Å². The lowest BCUT2D eigenvalue weighted by Gasteiger charge is -2.04. The van der Waals surface area contributed by atoms with Gasteiger partial charge in [-0.15, -0.1) is 0 Å². The summed E-state index contributed by atoms with van der Waals surface area (Å²) in [6.45, 7) is 0. The van der Waals surface area contributed by atoms with Gasteiger partial charge in [0.15, 0.2) is 11.9 Å². The van der Waals surface area contributed by atoms with Crippen LogP contribution in [0.5, 0.6) is 11.5 Å². The Labute approximate surface area is 149 Å². The molecule has 0 bridgehead atoms. The van der Waals surface area contributed by atoms with E-state index < -0.39 is 5.82 Å². The normalized spacial score (nSPS) is 9.42. The minimum absolute atomic E-state index is 0. The fraction of sp³-hybridized carbons (Fsp3) is 0. The van der Waals surface area contributed by atoms with Crippen LogP contribution in [-0.4, -0.2) is 9.97 Å². The third kappa shape index (κ3) is 4.92. The zero-order valence-corrected chi connectivity index (χ0v) is 13.6. The van der Waals surface area contributed by atoms with Gasteiger partial charge in [0.05, 0.1) is 0 Å². The van der Waals surface area contributed by atoms with Crippen molar-refractivity contribution in [1.82, 2.24) is 9.97 Å². The van der Waals surface area contributed by atoms with Crippen molar-refractivity contribution >= 4 is 11.6 Å². The summed E-state index contributed by atoms with van der Waals surface area (Å²) in [5.74, 6) is 6.12. The van der Waals surface area contributed by atoms with Crippen LogP contribution >= 0.6 is 11.6 Å². The van der Waals surface area contributed by atoms with Gasteiger partial charge in [0.1, 0.15) is 17.3 Å². The number of halogens is 3. The molecule has 0 aliphatic rings. The third-order valence-electron chi connectivity index (χ3n) is 2.75. The maximum Gasteiger partial charge on any atom is 0.223 e. The first kappa shape index (κ1) is 17.7. The zero-order valence-electron chi connectivity index (χ0n) is 12.1. The summed E-state index contributed by atoms with van der Waals surface area (Å²) in [6, 6.07) is 9.42. The van der Waals surface area contributed by atoms with Crippen LogP contribution in [0.2, 0.25) is 5.28 Å². The van der Waals surface area contributed by atoms with E-state index in [4.69, 9.17) is 16.3 Å². The topological polar surface area (TPSA) is 49.2 Å². The quantitative estimate of drug-likeness (QED) is 0.486. The lowest BCUT2D eigenvalue weighted by atomic mass is 10.2. The number of pyridine rings is 1. The lowest BCUT2D eigenvalue weighted by molar-refractivity contribution is -0.378. The van der Waals surface area contributed by atoms with Crippen molar-refractivity contribution in [2.45, 2.75) is 0 Å². The molecule has 3 rings (SSSR count). The number of aromatic nitrogens is 3. The van der Waals surface area contributed by atoms with E-state index in [1.807, 2.05) is 0 Å². The fourth-order valence-corrected chi connectivity index (χ4v) is 1.96. The minimum Gasteiger partial charge on any atom is -1.00 e. The maximum absolute atomic E-state index is 13.7. The summed E-state index contributed by atoms with van der Waals surface area (Å²) in [6.07, 6.45) is 4.92. The van der Waals surface area contributed by atoms with E-state index in [-0.39, 0.29) is 17.7 Å². The van der Waals surface area contributed by atoms with E-state index in [1.165, 1.54) is 18.3 Å². The van der Waals surface area contributed by atoms with Gasteiger partial charge in [0.25, 0.3) is 0 Å². The smallest absolute Gasteiger partial charge is 0.223 e. The molecular weight excluding hydrogens is 352 g/mol. The molecule has 1 aromatic carbocycles. The Morgan fingerprint density at radius 2 is 2.00 bits per heavy atom. The first-order valence-corrected chi connectivity index (χ1v) is 7.02. The second-order valence-corrected chi connectivity index (χ2v) is 4.82. The first-order chi connectivity index (χ1) is 11.2. The molecule has 7 heteroatoms. The largest absolute Gasteiger partial charge is 1.00 e. The van der Waals surface area contributed by atoms with Crippen LogP contribution < -0.4 is 22.1 Å². The van der Waals surface area contributed by atoms with Gasteiger partial charge in [-0.1, -0.05) is 5.92 Å². The van der Waals surface area contributed by atoms with Crippen LogP contribution in [-0.2, 0) is 0 Å². The Kier molecular flexibility index (Phi) is 6.07. The van der Waals surface area contributed by atoms with Crippen molar-refractivity contribution in [2.75, 3.05) is 0 Å². The SMILES string of the molecule is Fc1cc(C#Cc2ccnc(Cl)n2)cc(Oc2ccc[nH+]c2)c1.[Cl-]. The van der Waals surface area contributed by atoms with Gasteiger partial charge in [0.2, 0.25) is 11.5 Å². The molecule has 0 aliphatic heterocycles. The molecular formula is C17H10Cl2FN3O. The van der Waals surface area contributed by atoms with Crippen molar-refractivity contribution in [1.29, 1.82) is 0 Å². The second-order valence-electron chi connectivity index (χ2n) is 4.48. The minimum atomic E-state index is -0.438. The molecule has 3 aromatic rings. The molecule has 0 fully saturated rings. The molecule has 120 valence electrons. The molecule has 0 saturated heterocycles. The number of benzene rings is 1. The summed E-state index contributed by atoms with van der Waals surface area (Å²) >= 11 is 5.69. The van der Waals surface area contributed by atoms with E-state index in [9.17, 15) is 4.39 Å². The summed E-state index contributed by atoms with van der Waals surface area (Å²) in [5, 5.41) is 0.111. The van der Waals surface area contributed by atoms with Gasteiger partial charge in [-0.3, -0.25) is 0 Å². The van der Waals surface area contributed by atoms with Crippen LogP contribution in [0.4, 0.5) is 4.39 Å². The van der Waals surface area contributed by atoms with Crippen LogP contribution in [0.3, 0.4) is 0 Å². The van der Waals surface area contributed by atoms with Crippen LogP contribution in [0.15, 0.2) is 55.0 Å².